The van der Waals surface area contributed by atoms with Crippen molar-refractivity contribution in [2.75, 3.05) is 18.4 Å². The van der Waals surface area contributed by atoms with Gasteiger partial charge in [-0.3, -0.25) is 14.7 Å². The Morgan fingerprint density at radius 2 is 1.95 bits per heavy atom. The highest BCUT2D eigenvalue weighted by atomic mass is 16.2. The number of carbonyl (C=O) groups is 2. The lowest BCUT2D eigenvalue weighted by atomic mass is 9.95. The molecule has 102 valence electrons. The maximum atomic E-state index is 12.0. The zero-order valence-electron chi connectivity index (χ0n) is 10.8. The molecule has 6 nitrogen and oxygen atoms in total. The summed E-state index contributed by atoms with van der Waals surface area (Å²) in [5, 5.41) is 9.29. The molecule has 0 spiro atoms. The molecule has 2 N–H and O–H groups in total. The van der Waals surface area contributed by atoms with Crippen LogP contribution in [-0.2, 0) is 9.59 Å². The van der Waals surface area contributed by atoms with Crippen LogP contribution in [0.1, 0.15) is 25.7 Å². The fraction of sp³-hybridized carbons (Fsp3) is 0.615. The first kappa shape index (κ1) is 12.2. The average molecular weight is 262 g/mol. The third kappa shape index (κ3) is 2.77. The minimum Gasteiger partial charge on any atom is -0.342 e. The van der Waals surface area contributed by atoms with Crippen LogP contribution in [0.15, 0.2) is 12.4 Å². The molecule has 1 aromatic rings. The Bertz CT molecular complexity index is 459. The lowest BCUT2D eigenvalue weighted by Crippen LogP contribution is -2.42. The van der Waals surface area contributed by atoms with E-state index >= 15 is 0 Å². The van der Waals surface area contributed by atoms with Crippen molar-refractivity contribution in [1.82, 2.24) is 15.1 Å². The van der Waals surface area contributed by atoms with Crippen LogP contribution in [0.25, 0.3) is 0 Å². The summed E-state index contributed by atoms with van der Waals surface area (Å²) >= 11 is 0. The fourth-order valence-corrected chi connectivity index (χ4v) is 2.51. The summed E-state index contributed by atoms with van der Waals surface area (Å²) in [5.74, 6) is 0.586. The summed E-state index contributed by atoms with van der Waals surface area (Å²) in [6, 6.07) is 0. The zero-order valence-corrected chi connectivity index (χ0v) is 10.8. The van der Waals surface area contributed by atoms with Crippen molar-refractivity contribution in [3.63, 3.8) is 0 Å². The van der Waals surface area contributed by atoms with Gasteiger partial charge in [-0.1, -0.05) is 0 Å². The van der Waals surface area contributed by atoms with Gasteiger partial charge in [0.25, 0.3) is 0 Å². The molecular weight excluding hydrogens is 244 g/mol. The molecule has 3 rings (SSSR count). The second-order valence-electron chi connectivity index (χ2n) is 5.35. The number of anilines is 1. The summed E-state index contributed by atoms with van der Waals surface area (Å²) in [6.45, 7) is 1.41. The van der Waals surface area contributed by atoms with Crippen LogP contribution in [-0.4, -0.2) is 40.0 Å². The molecule has 0 aromatic carbocycles. The van der Waals surface area contributed by atoms with E-state index < -0.39 is 0 Å². The van der Waals surface area contributed by atoms with Crippen molar-refractivity contribution in [1.29, 1.82) is 0 Å². The third-order valence-corrected chi connectivity index (χ3v) is 3.87. The average Bonchev–Trinajstić information content (AvgIpc) is 3.17. The van der Waals surface area contributed by atoms with Crippen LogP contribution in [0.3, 0.4) is 0 Å². The number of rotatable bonds is 3. The van der Waals surface area contributed by atoms with Crippen molar-refractivity contribution in [2.45, 2.75) is 25.7 Å². The Kier molecular flexibility index (Phi) is 3.23. The van der Waals surface area contributed by atoms with Gasteiger partial charge < -0.3 is 10.2 Å². The van der Waals surface area contributed by atoms with Gasteiger partial charge in [-0.15, -0.1) is 0 Å². The van der Waals surface area contributed by atoms with Crippen molar-refractivity contribution < 1.29 is 9.59 Å². The van der Waals surface area contributed by atoms with Gasteiger partial charge in [0.2, 0.25) is 11.8 Å². The van der Waals surface area contributed by atoms with Crippen molar-refractivity contribution in [2.24, 2.45) is 11.8 Å². The van der Waals surface area contributed by atoms with E-state index in [2.05, 4.69) is 15.5 Å². The quantitative estimate of drug-likeness (QED) is 0.853. The first-order chi connectivity index (χ1) is 9.24. The Balaban J connectivity index is 1.49. The molecule has 19 heavy (non-hydrogen) atoms. The second-order valence-corrected chi connectivity index (χ2v) is 5.35. The van der Waals surface area contributed by atoms with Crippen LogP contribution in [0, 0.1) is 11.8 Å². The van der Waals surface area contributed by atoms with E-state index in [1.165, 1.54) is 0 Å². The minimum absolute atomic E-state index is 0.00171. The van der Waals surface area contributed by atoms with Crippen LogP contribution in [0.4, 0.5) is 5.69 Å². The molecule has 2 fully saturated rings. The molecular formula is C13H18N4O2. The number of nitrogens with zero attached hydrogens (tertiary/aromatic N) is 2. The molecule has 0 radical (unpaired) electrons. The molecule has 1 saturated carbocycles. The smallest absolute Gasteiger partial charge is 0.227 e. The maximum Gasteiger partial charge on any atom is 0.227 e. The lowest BCUT2D eigenvalue weighted by molar-refractivity contribution is -0.135. The number of nitrogens with one attached hydrogen (secondary N) is 2. The number of amides is 2. The molecule has 0 atom stereocenters. The Labute approximate surface area is 111 Å². The van der Waals surface area contributed by atoms with Gasteiger partial charge in [0.15, 0.2) is 0 Å². The molecule has 2 amide bonds. The van der Waals surface area contributed by atoms with E-state index in [1.54, 1.807) is 12.4 Å². The van der Waals surface area contributed by atoms with E-state index in [1.807, 2.05) is 4.90 Å². The van der Waals surface area contributed by atoms with Gasteiger partial charge in [0.1, 0.15) is 0 Å². The third-order valence-electron chi connectivity index (χ3n) is 3.87. The summed E-state index contributed by atoms with van der Waals surface area (Å²) in [4.78, 5) is 25.9. The fourth-order valence-electron chi connectivity index (χ4n) is 2.51. The van der Waals surface area contributed by atoms with Crippen LogP contribution >= 0.6 is 0 Å². The number of H-pyrrole nitrogens is 1. The van der Waals surface area contributed by atoms with Gasteiger partial charge in [-0.2, -0.15) is 5.10 Å². The highest BCUT2D eigenvalue weighted by molar-refractivity contribution is 5.92. The zero-order chi connectivity index (χ0) is 13.2. The van der Waals surface area contributed by atoms with E-state index in [0.29, 0.717) is 18.8 Å². The van der Waals surface area contributed by atoms with Gasteiger partial charge in [-0.25, -0.2) is 0 Å². The monoisotopic (exact) mass is 262 g/mol. The number of likely N-dealkylation sites (tertiary alicyclic amines) is 1. The Morgan fingerprint density at radius 3 is 2.53 bits per heavy atom. The standard InChI is InChI=1S/C13H18N4O2/c18-12(16-11-7-14-15-8-11)9-3-5-17(6-4-9)13(19)10-1-2-10/h7-10H,1-6H2,(H,14,15)(H,16,18). The second kappa shape index (κ2) is 5.03. The van der Waals surface area contributed by atoms with Crippen LogP contribution < -0.4 is 5.32 Å². The summed E-state index contributed by atoms with van der Waals surface area (Å²) in [6.07, 6.45) is 6.83. The first-order valence-corrected chi connectivity index (χ1v) is 6.82. The molecule has 1 aromatic heterocycles. The number of hydrogen-bond donors (Lipinski definition) is 2. The normalized spacial score (nSPS) is 20.3. The van der Waals surface area contributed by atoms with Gasteiger partial charge in [-0.05, 0) is 25.7 Å². The first-order valence-electron chi connectivity index (χ1n) is 6.82. The van der Waals surface area contributed by atoms with Crippen LogP contribution in [0.2, 0.25) is 0 Å². The van der Waals surface area contributed by atoms with Crippen molar-refractivity contribution in [3.8, 4) is 0 Å². The lowest BCUT2D eigenvalue weighted by Gasteiger charge is -2.31. The Hall–Kier alpha value is -1.85. The predicted molar refractivity (Wildman–Crippen MR) is 69.2 cm³/mol. The number of piperidine rings is 1. The number of aromatic amines is 1. The van der Waals surface area contributed by atoms with Crippen molar-refractivity contribution >= 4 is 17.5 Å². The van der Waals surface area contributed by atoms with Crippen LogP contribution in [0.5, 0.6) is 0 Å². The highest BCUT2D eigenvalue weighted by Gasteiger charge is 2.35. The van der Waals surface area contributed by atoms with Crippen molar-refractivity contribution in [3.05, 3.63) is 12.4 Å². The number of hydrogen-bond acceptors (Lipinski definition) is 3. The molecule has 0 unspecified atom stereocenters. The molecule has 1 aliphatic heterocycles. The molecule has 1 saturated heterocycles. The van der Waals surface area contributed by atoms with Gasteiger partial charge in [0.05, 0.1) is 11.9 Å². The summed E-state index contributed by atoms with van der Waals surface area (Å²) in [5.41, 5.74) is 0.696. The molecule has 2 heterocycles. The molecule has 6 heteroatoms. The SMILES string of the molecule is O=C(Nc1cn[nH]c1)C1CCN(C(=O)C2CC2)CC1. The van der Waals surface area contributed by atoms with E-state index in [0.717, 1.165) is 25.7 Å². The Morgan fingerprint density at radius 1 is 1.21 bits per heavy atom. The minimum atomic E-state index is -0.00171. The van der Waals surface area contributed by atoms with Gasteiger partial charge in [0, 0.05) is 31.1 Å². The van der Waals surface area contributed by atoms with E-state index in [9.17, 15) is 9.59 Å². The molecule has 1 aliphatic carbocycles. The highest BCUT2D eigenvalue weighted by Crippen LogP contribution is 2.32. The number of aromatic nitrogens is 2. The summed E-state index contributed by atoms with van der Waals surface area (Å²) < 4.78 is 0. The molecule has 0 bridgehead atoms. The topological polar surface area (TPSA) is 78.1 Å². The number of carbonyl (C=O) groups excluding carboxylic acids is 2. The van der Waals surface area contributed by atoms with E-state index in [-0.39, 0.29) is 23.7 Å². The predicted octanol–water partition coefficient (Wildman–Crippen LogP) is 0.997. The summed E-state index contributed by atoms with van der Waals surface area (Å²) in [7, 11) is 0. The molecule has 2 aliphatic rings. The largest absolute Gasteiger partial charge is 0.342 e. The maximum absolute atomic E-state index is 12.0. The van der Waals surface area contributed by atoms with Gasteiger partial charge >= 0.3 is 0 Å². The van der Waals surface area contributed by atoms with E-state index in [4.69, 9.17) is 0 Å².